The number of carbonyl (C=O) groups excluding carboxylic acids is 2. The average Bonchev–Trinajstić information content (AvgIpc) is 2.96. The molecule has 6 nitrogen and oxygen atoms in total. The van der Waals surface area contributed by atoms with Gasteiger partial charge in [0.1, 0.15) is 5.58 Å². The Kier molecular flexibility index (Phi) is 6.37. The van der Waals surface area contributed by atoms with Crippen LogP contribution in [0.25, 0.3) is 11.0 Å². The smallest absolute Gasteiger partial charge is 0.375 e. The van der Waals surface area contributed by atoms with Crippen LogP contribution in [0, 0.1) is 0 Å². The molecule has 0 aliphatic carbocycles. The number of esters is 1. The first-order chi connectivity index (χ1) is 11.6. The molecule has 0 fully saturated rings. The predicted octanol–water partition coefficient (Wildman–Crippen LogP) is 3.04. The lowest BCUT2D eigenvalue weighted by Gasteiger charge is -2.12. The van der Waals surface area contributed by atoms with Crippen LogP contribution in [0.4, 0.5) is 0 Å². The van der Waals surface area contributed by atoms with Crippen LogP contribution in [0.5, 0.6) is 0 Å². The van der Waals surface area contributed by atoms with Crippen molar-refractivity contribution in [2.24, 2.45) is 0 Å². The highest BCUT2D eigenvalue weighted by Gasteiger charge is 2.25. The van der Waals surface area contributed by atoms with Gasteiger partial charge in [-0.25, -0.2) is 4.79 Å². The zero-order valence-corrected chi connectivity index (χ0v) is 14.3. The molecule has 0 bridgehead atoms. The Hall–Kier alpha value is -2.34. The van der Waals surface area contributed by atoms with E-state index < -0.39 is 12.1 Å². The summed E-state index contributed by atoms with van der Waals surface area (Å²) < 4.78 is 16.3. The molecule has 1 aromatic heterocycles. The van der Waals surface area contributed by atoms with Crippen LogP contribution in [0.15, 0.2) is 28.7 Å². The molecule has 0 unspecified atom stereocenters. The quantitative estimate of drug-likeness (QED) is 0.751. The Morgan fingerprint density at radius 2 is 2.00 bits per heavy atom. The van der Waals surface area contributed by atoms with Gasteiger partial charge in [0.25, 0.3) is 5.91 Å². The number of para-hydroxylation sites is 1. The van der Waals surface area contributed by atoms with E-state index in [2.05, 4.69) is 5.32 Å². The van der Waals surface area contributed by atoms with Crippen LogP contribution < -0.4 is 5.32 Å². The van der Waals surface area contributed by atoms with Crippen molar-refractivity contribution in [3.63, 3.8) is 0 Å². The molecule has 0 aliphatic rings. The van der Waals surface area contributed by atoms with E-state index in [9.17, 15) is 9.59 Å². The van der Waals surface area contributed by atoms with Gasteiger partial charge in [0, 0.05) is 24.1 Å². The second-order valence-corrected chi connectivity index (χ2v) is 5.38. The molecule has 1 heterocycles. The summed E-state index contributed by atoms with van der Waals surface area (Å²) >= 11 is 0. The zero-order valence-electron chi connectivity index (χ0n) is 14.3. The van der Waals surface area contributed by atoms with Crippen LogP contribution in [-0.2, 0) is 20.9 Å². The van der Waals surface area contributed by atoms with Gasteiger partial charge < -0.3 is 19.2 Å². The van der Waals surface area contributed by atoms with Gasteiger partial charge in [0.05, 0.1) is 6.61 Å². The Morgan fingerprint density at radius 3 is 2.71 bits per heavy atom. The third-order valence-corrected chi connectivity index (χ3v) is 3.54. The van der Waals surface area contributed by atoms with Crippen molar-refractivity contribution in [2.45, 2.75) is 39.9 Å². The maximum absolute atomic E-state index is 12.4. The van der Waals surface area contributed by atoms with Crippen LogP contribution in [-0.4, -0.2) is 31.1 Å². The number of hydrogen-bond donors (Lipinski definition) is 1. The molecule has 1 aromatic carbocycles. The summed E-state index contributed by atoms with van der Waals surface area (Å²) in [5.41, 5.74) is 1.22. The van der Waals surface area contributed by atoms with Crippen molar-refractivity contribution >= 4 is 22.8 Å². The molecule has 1 N–H and O–H groups in total. The number of benzene rings is 1. The fourth-order valence-electron chi connectivity index (χ4n) is 2.27. The van der Waals surface area contributed by atoms with E-state index >= 15 is 0 Å². The van der Waals surface area contributed by atoms with Crippen LogP contribution in [0.2, 0.25) is 0 Å². The maximum atomic E-state index is 12.4. The third-order valence-electron chi connectivity index (χ3n) is 3.54. The second-order valence-electron chi connectivity index (χ2n) is 5.38. The molecule has 0 spiro atoms. The summed E-state index contributed by atoms with van der Waals surface area (Å²) in [4.78, 5) is 24.3. The van der Waals surface area contributed by atoms with Crippen LogP contribution in [0.1, 0.15) is 43.3 Å². The highest BCUT2D eigenvalue weighted by Crippen LogP contribution is 2.27. The minimum absolute atomic E-state index is 0.0831. The monoisotopic (exact) mass is 333 g/mol. The van der Waals surface area contributed by atoms with Crippen LogP contribution in [0.3, 0.4) is 0 Å². The summed E-state index contributed by atoms with van der Waals surface area (Å²) in [6, 6.07) is 7.33. The van der Waals surface area contributed by atoms with E-state index in [1.807, 2.05) is 32.0 Å². The molecule has 24 heavy (non-hydrogen) atoms. The fourth-order valence-corrected chi connectivity index (χ4v) is 2.27. The number of ether oxygens (including phenoxy) is 2. The molecule has 2 rings (SSSR count). The van der Waals surface area contributed by atoms with Crippen molar-refractivity contribution in [1.29, 1.82) is 0 Å². The summed E-state index contributed by atoms with van der Waals surface area (Å²) in [5.74, 6) is -0.910. The molecule has 2 aromatic rings. The fraction of sp³-hybridized carbons (Fsp3) is 0.444. The minimum atomic E-state index is -0.891. The van der Waals surface area contributed by atoms with Gasteiger partial charge in [-0.05, 0) is 26.3 Å². The highest BCUT2D eigenvalue weighted by atomic mass is 16.6. The molecular formula is C18H23NO5. The van der Waals surface area contributed by atoms with E-state index in [0.29, 0.717) is 24.3 Å². The molecule has 0 saturated heterocycles. The Labute approximate surface area is 141 Å². The average molecular weight is 333 g/mol. The van der Waals surface area contributed by atoms with Gasteiger partial charge in [-0.15, -0.1) is 0 Å². The van der Waals surface area contributed by atoms with Gasteiger partial charge in [-0.3, -0.25) is 4.79 Å². The van der Waals surface area contributed by atoms with E-state index in [-0.39, 0.29) is 18.3 Å². The Balaban J connectivity index is 2.20. The largest absolute Gasteiger partial charge is 0.449 e. The van der Waals surface area contributed by atoms with Gasteiger partial charge in [-0.1, -0.05) is 25.1 Å². The van der Waals surface area contributed by atoms with Crippen LogP contribution >= 0.6 is 0 Å². The number of rotatable bonds is 8. The summed E-state index contributed by atoms with van der Waals surface area (Å²) in [5, 5.41) is 3.50. The number of nitrogens with one attached hydrogen (secondary N) is 1. The maximum Gasteiger partial charge on any atom is 0.375 e. The Bertz CT molecular complexity index is 706. The number of furan rings is 1. The van der Waals surface area contributed by atoms with Crippen molar-refractivity contribution in [1.82, 2.24) is 5.32 Å². The normalized spacial score (nSPS) is 12.1. The second kappa shape index (κ2) is 8.49. The van der Waals surface area contributed by atoms with E-state index in [0.717, 1.165) is 11.8 Å². The van der Waals surface area contributed by atoms with Gasteiger partial charge in [0.15, 0.2) is 6.10 Å². The molecular weight excluding hydrogens is 310 g/mol. The summed E-state index contributed by atoms with van der Waals surface area (Å²) in [6.07, 6.45) is -0.0775. The van der Waals surface area contributed by atoms with E-state index in [1.54, 1.807) is 6.07 Å². The van der Waals surface area contributed by atoms with Crippen molar-refractivity contribution < 1.29 is 23.5 Å². The molecule has 0 radical (unpaired) electrons. The topological polar surface area (TPSA) is 77.8 Å². The number of carbonyl (C=O) groups is 2. The molecule has 6 heteroatoms. The molecule has 0 aliphatic heterocycles. The lowest BCUT2D eigenvalue weighted by atomic mass is 10.1. The summed E-state index contributed by atoms with van der Waals surface area (Å²) in [7, 11) is 0. The molecule has 0 saturated carbocycles. The van der Waals surface area contributed by atoms with Crippen molar-refractivity contribution in [3.8, 4) is 0 Å². The summed E-state index contributed by atoms with van der Waals surface area (Å²) in [6.45, 7) is 6.67. The highest BCUT2D eigenvalue weighted by molar-refractivity contribution is 5.97. The minimum Gasteiger partial charge on any atom is -0.449 e. The lowest BCUT2D eigenvalue weighted by molar-refractivity contribution is -0.129. The van der Waals surface area contributed by atoms with Gasteiger partial charge in [0.2, 0.25) is 5.76 Å². The molecule has 1 atom stereocenters. The van der Waals surface area contributed by atoms with E-state index in [1.165, 1.54) is 6.92 Å². The first-order valence-electron chi connectivity index (χ1n) is 8.15. The first-order valence-corrected chi connectivity index (χ1v) is 8.15. The molecule has 130 valence electrons. The van der Waals surface area contributed by atoms with Crippen molar-refractivity contribution in [3.05, 3.63) is 35.6 Å². The third kappa shape index (κ3) is 4.14. The van der Waals surface area contributed by atoms with E-state index in [4.69, 9.17) is 13.9 Å². The molecule has 1 amide bonds. The lowest BCUT2D eigenvalue weighted by Crippen LogP contribution is -2.36. The first kappa shape index (κ1) is 18.0. The predicted molar refractivity (Wildman–Crippen MR) is 89.7 cm³/mol. The van der Waals surface area contributed by atoms with Crippen molar-refractivity contribution in [2.75, 3.05) is 13.2 Å². The van der Waals surface area contributed by atoms with Gasteiger partial charge in [-0.2, -0.15) is 0 Å². The Morgan fingerprint density at radius 1 is 1.25 bits per heavy atom. The SMILES string of the molecule is CCCNC(=O)[C@@H](C)OC(=O)c1oc2ccccc2c1COCC. The standard InChI is InChI=1S/C18H23NO5/c1-4-10-19-17(20)12(3)23-18(21)16-14(11-22-5-2)13-8-6-7-9-15(13)24-16/h6-9,12H,4-5,10-11H2,1-3H3,(H,19,20)/t12-/m1/s1. The van der Waals surface area contributed by atoms with Gasteiger partial charge >= 0.3 is 5.97 Å². The zero-order chi connectivity index (χ0) is 17.5. The number of fused-ring (bicyclic) bond motifs is 1. The number of hydrogen-bond acceptors (Lipinski definition) is 5. The number of amides is 1.